The van der Waals surface area contributed by atoms with Crippen LogP contribution in [0.2, 0.25) is 0 Å². The van der Waals surface area contributed by atoms with E-state index < -0.39 is 64.3 Å². The molecule has 38 heavy (non-hydrogen) atoms. The molecule has 1 fully saturated rings. The number of ether oxygens (including phenoxy) is 3. The van der Waals surface area contributed by atoms with Gasteiger partial charge in [0.1, 0.15) is 18.0 Å². The van der Waals surface area contributed by atoms with E-state index in [9.17, 15) is 34.1 Å². The van der Waals surface area contributed by atoms with Crippen LogP contribution in [0.1, 0.15) is 44.5 Å². The van der Waals surface area contributed by atoms with Crippen LogP contribution in [0.15, 0.2) is 35.2 Å². The number of benzene rings is 1. The van der Waals surface area contributed by atoms with E-state index in [1.54, 1.807) is 33.1 Å². The molecule has 204 valence electrons. The van der Waals surface area contributed by atoms with Crippen molar-refractivity contribution in [2.45, 2.75) is 51.6 Å². The van der Waals surface area contributed by atoms with E-state index in [0.717, 1.165) is 11.8 Å². The number of thioether (sulfide) groups is 1. The molecule has 0 aliphatic carbocycles. The van der Waals surface area contributed by atoms with Gasteiger partial charge in [0.2, 0.25) is 12.7 Å². The molecule has 2 amide bonds. The molecule has 1 saturated heterocycles. The summed E-state index contributed by atoms with van der Waals surface area (Å²) in [5.74, 6) is -3.21. The van der Waals surface area contributed by atoms with Gasteiger partial charge in [-0.1, -0.05) is 6.92 Å². The van der Waals surface area contributed by atoms with Crippen molar-refractivity contribution in [1.29, 1.82) is 0 Å². The fourth-order valence-corrected chi connectivity index (χ4v) is 4.69. The Morgan fingerprint density at radius 3 is 2.34 bits per heavy atom. The van der Waals surface area contributed by atoms with Gasteiger partial charge in [-0.3, -0.25) is 29.3 Å². The van der Waals surface area contributed by atoms with Gasteiger partial charge >= 0.3 is 17.9 Å². The minimum Gasteiger partial charge on any atom is -0.461 e. The van der Waals surface area contributed by atoms with Crippen LogP contribution in [0.25, 0.3) is 0 Å². The van der Waals surface area contributed by atoms with Gasteiger partial charge in [0.15, 0.2) is 6.04 Å². The van der Waals surface area contributed by atoms with Crippen molar-refractivity contribution in [3.05, 3.63) is 50.9 Å². The third-order valence-electron chi connectivity index (χ3n) is 5.61. The lowest BCUT2D eigenvalue weighted by molar-refractivity contribution is -0.384. The van der Waals surface area contributed by atoms with E-state index in [-0.39, 0.29) is 29.9 Å². The number of rotatable bonds is 9. The Morgan fingerprint density at radius 1 is 1.11 bits per heavy atom. The highest BCUT2D eigenvalue weighted by atomic mass is 32.2. The van der Waals surface area contributed by atoms with E-state index in [1.165, 1.54) is 29.2 Å². The largest absolute Gasteiger partial charge is 0.461 e. The number of nitro benzene ring substituents is 1. The molecule has 0 spiro atoms. The Balaban J connectivity index is 1.72. The lowest BCUT2D eigenvalue weighted by Gasteiger charge is -2.51. The van der Waals surface area contributed by atoms with E-state index in [0.29, 0.717) is 0 Å². The molecule has 2 aliphatic heterocycles. The highest BCUT2D eigenvalue weighted by molar-refractivity contribution is 8.02. The summed E-state index contributed by atoms with van der Waals surface area (Å²) in [5.41, 5.74) is -0.608. The Bertz CT molecular complexity index is 1170. The van der Waals surface area contributed by atoms with Crippen LogP contribution in [-0.4, -0.2) is 70.4 Å². The maximum atomic E-state index is 13.1. The van der Waals surface area contributed by atoms with Crippen molar-refractivity contribution in [3.63, 3.8) is 0 Å². The Morgan fingerprint density at radius 2 is 1.76 bits per heavy atom. The second kappa shape index (κ2) is 11.6. The van der Waals surface area contributed by atoms with Gasteiger partial charge in [0, 0.05) is 29.7 Å². The first-order valence-electron chi connectivity index (χ1n) is 11.6. The summed E-state index contributed by atoms with van der Waals surface area (Å²) in [6.07, 6.45) is 0.111. The SMILES string of the molecule is CCC(=O)OCC1=CS[C@@H]2C(NC(=O)c3ccc([N+](=O)[O-])cc3)C(=O)N2C1C(=O)OCOC(=O)C(C)(C)C. The Hall–Kier alpha value is -3.94. The number of nitrogens with one attached hydrogen (secondary N) is 1. The quantitative estimate of drug-likeness (QED) is 0.157. The number of nitrogens with zero attached hydrogens (tertiary/aromatic N) is 2. The molecule has 3 atom stereocenters. The predicted molar refractivity (Wildman–Crippen MR) is 132 cm³/mol. The van der Waals surface area contributed by atoms with E-state index in [4.69, 9.17) is 14.2 Å². The molecule has 0 radical (unpaired) electrons. The van der Waals surface area contributed by atoms with Crippen molar-refractivity contribution in [2.24, 2.45) is 5.41 Å². The zero-order valence-electron chi connectivity index (χ0n) is 21.1. The number of carbonyl (C=O) groups is 5. The number of fused-ring (bicyclic) bond motifs is 1. The van der Waals surface area contributed by atoms with Gasteiger partial charge in [-0.25, -0.2) is 4.79 Å². The summed E-state index contributed by atoms with van der Waals surface area (Å²) in [7, 11) is 0. The van der Waals surface area contributed by atoms with Crippen molar-refractivity contribution >= 4 is 47.2 Å². The normalized spacial score (nSPS) is 20.3. The number of carbonyl (C=O) groups excluding carboxylic acids is 5. The number of hydrogen-bond donors (Lipinski definition) is 1. The van der Waals surface area contributed by atoms with Gasteiger partial charge in [-0.15, -0.1) is 11.8 Å². The van der Waals surface area contributed by atoms with Crippen LogP contribution in [0.3, 0.4) is 0 Å². The number of hydrogen-bond acceptors (Lipinski definition) is 11. The fraction of sp³-hybridized carbons (Fsp3) is 0.458. The topological polar surface area (TPSA) is 171 Å². The van der Waals surface area contributed by atoms with Gasteiger partial charge in [0.05, 0.1) is 10.3 Å². The van der Waals surface area contributed by atoms with Gasteiger partial charge in [-0.2, -0.15) is 0 Å². The molecule has 13 nitrogen and oxygen atoms in total. The summed E-state index contributed by atoms with van der Waals surface area (Å²) >= 11 is 1.14. The third kappa shape index (κ3) is 6.30. The number of non-ortho nitro benzene ring substituents is 1. The smallest absolute Gasteiger partial charge is 0.336 e. The lowest BCUT2D eigenvalue weighted by Crippen LogP contribution is -2.74. The number of nitro groups is 1. The summed E-state index contributed by atoms with van der Waals surface area (Å²) in [6.45, 7) is 5.56. The molecule has 2 heterocycles. The van der Waals surface area contributed by atoms with Crippen LogP contribution in [0.4, 0.5) is 5.69 Å². The van der Waals surface area contributed by atoms with Gasteiger partial charge in [0.25, 0.3) is 11.6 Å². The van der Waals surface area contributed by atoms with Crippen molar-refractivity contribution in [3.8, 4) is 0 Å². The zero-order chi connectivity index (χ0) is 28.2. The number of amides is 2. The first-order valence-corrected chi connectivity index (χ1v) is 12.5. The van der Waals surface area contributed by atoms with E-state index in [2.05, 4.69) is 5.32 Å². The van der Waals surface area contributed by atoms with Crippen LogP contribution in [0.5, 0.6) is 0 Å². The predicted octanol–water partition coefficient (Wildman–Crippen LogP) is 1.90. The molecule has 1 aromatic carbocycles. The van der Waals surface area contributed by atoms with E-state index in [1.807, 2.05) is 0 Å². The molecule has 0 saturated carbocycles. The number of β-lactam (4-membered cyclic amide) rings is 1. The maximum absolute atomic E-state index is 13.1. The first kappa shape index (κ1) is 28.6. The van der Waals surface area contributed by atoms with Crippen molar-refractivity contribution in [2.75, 3.05) is 13.4 Å². The van der Waals surface area contributed by atoms with E-state index >= 15 is 0 Å². The first-order chi connectivity index (χ1) is 17.8. The molecule has 2 unspecified atom stereocenters. The van der Waals surface area contributed by atoms with Crippen molar-refractivity contribution in [1.82, 2.24) is 10.2 Å². The minimum atomic E-state index is -1.26. The maximum Gasteiger partial charge on any atom is 0.336 e. The Labute approximate surface area is 222 Å². The van der Waals surface area contributed by atoms with Crippen molar-refractivity contribution < 1.29 is 43.1 Å². The monoisotopic (exact) mass is 549 g/mol. The summed E-state index contributed by atoms with van der Waals surface area (Å²) in [4.78, 5) is 73.8. The van der Waals surface area contributed by atoms with Crippen LogP contribution < -0.4 is 5.32 Å². The lowest BCUT2D eigenvalue weighted by atomic mass is 9.97. The summed E-state index contributed by atoms with van der Waals surface area (Å²) in [6, 6.07) is 2.62. The molecule has 14 heteroatoms. The molecule has 1 N–H and O–H groups in total. The Kier molecular flexibility index (Phi) is 8.76. The summed E-state index contributed by atoms with van der Waals surface area (Å²) < 4.78 is 15.2. The van der Waals surface area contributed by atoms with Gasteiger partial charge in [-0.05, 0) is 38.3 Å². The fourth-order valence-electron chi connectivity index (χ4n) is 3.48. The molecule has 3 rings (SSSR count). The minimum absolute atomic E-state index is 0.111. The molecule has 1 aromatic rings. The molecular formula is C24H27N3O10S. The molecular weight excluding hydrogens is 522 g/mol. The highest BCUT2D eigenvalue weighted by Crippen LogP contribution is 2.40. The average molecular weight is 550 g/mol. The van der Waals surface area contributed by atoms with Crippen LogP contribution in [-0.2, 0) is 33.4 Å². The molecule has 0 aromatic heterocycles. The highest BCUT2D eigenvalue weighted by Gasteiger charge is 2.56. The third-order valence-corrected chi connectivity index (χ3v) is 6.83. The van der Waals surface area contributed by atoms with Crippen LogP contribution in [0, 0.1) is 15.5 Å². The average Bonchev–Trinajstić information content (AvgIpc) is 2.88. The molecule has 2 aliphatic rings. The van der Waals surface area contributed by atoms with Crippen LogP contribution >= 0.6 is 11.8 Å². The second-order valence-electron chi connectivity index (χ2n) is 9.40. The van der Waals surface area contributed by atoms with Gasteiger partial charge < -0.3 is 24.4 Å². The zero-order valence-corrected chi connectivity index (χ0v) is 21.9. The standard InChI is InChI=1S/C24H27N3O10S/c1-5-16(28)35-10-14-11-38-21-17(25-19(29)13-6-8-15(9-7-13)27(33)34)20(30)26(21)18(14)22(31)36-12-37-23(32)24(2,3)4/h6-9,11,17-18,21H,5,10,12H2,1-4H3,(H,25,29)/t17?,18?,21-/m1/s1. The second-order valence-corrected chi connectivity index (χ2v) is 10.4. The summed E-state index contributed by atoms with van der Waals surface area (Å²) in [5, 5.41) is 14.3. The number of esters is 3. The molecule has 0 bridgehead atoms.